The van der Waals surface area contributed by atoms with Crippen LogP contribution in [-0.4, -0.2) is 29.3 Å². The molecule has 0 saturated carbocycles. The van der Waals surface area contributed by atoms with Crippen molar-refractivity contribution in [1.82, 2.24) is 20.4 Å². The fourth-order valence-electron chi connectivity index (χ4n) is 2.65. The molecule has 0 atom stereocenters. The van der Waals surface area contributed by atoms with E-state index >= 15 is 0 Å². The highest BCUT2D eigenvalue weighted by Crippen LogP contribution is 2.33. The maximum atomic E-state index is 13.6. The molecule has 0 fully saturated rings. The highest BCUT2D eigenvalue weighted by Gasteiger charge is 2.33. The van der Waals surface area contributed by atoms with E-state index in [1.54, 1.807) is 20.0 Å². The number of hydrogen-bond acceptors (Lipinski definition) is 2. The Bertz CT molecular complexity index is 784. The molecular weight excluding hydrogens is 470 g/mol. The van der Waals surface area contributed by atoms with Gasteiger partial charge < -0.3 is 10.6 Å². The van der Waals surface area contributed by atoms with E-state index in [1.165, 1.54) is 10.7 Å². The van der Waals surface area contributed by atoms with Gasteiger partial charge in [0.2, 0.25) is 0 Å². The molecule has 0 saturated heterocycles. The summed E-state index contributed by atoms with van der Waals surface area (Å²) in [5.41, 5.74) is 1.40. The summed E-state index contributed by atoms with van der Waals surface area (Å²) >= 11 is 0. The SMILES string of the molecule is CCCNC(=NC)NCc1ccc(-n2nc(C)cc2C)cc1C(F)(F)F.I. The molecule has 1 aromatic heterocycles. The molecule has 2 N–H and O–H groups in total. The predicted octanol–water partition coefficient (Wildman–Crippen LogP) is 4.20. The number of nitrogens with zero attached hydrogens (tertiary/aromatic N) is 3. The van der Waals surface area contributed by atoms with Crippen LogP contribution in [-0.2, 0) is 12.7 Å². The topological polar surface area (TPSA) is 54.2 Å². The van der Waals surface area contributed by atoms with Gasteiger partial charge in [-0.3, -0.25) is 4.99 Å². The van der Waals surface area contributed by atoms with Crippen molar-refractivity contribution in [1.29, 1.82) is 0 Å². The third-order valence-corrected chi connectivity index (χ3v) is 3.87. The lowest BCUT2D eigenvalue weighted by Gasteiger charge is -2.17. The molecule has 9 heteroatoms. The van der Waals surface area contributed by atoms with Crippen LogP contribution in [0.2, 0.25) is 0 Å². The first-order valence-electron chi connectivity index (χ1n) is 8.44. The number of guanidine groups is 1. The number of alkyl halides is 3. The maximum Gasteiger partial charge on any atom is 0.416 e. The molecule has 2 rings (SSSR count). The van der Waals surface area contributed by atoms with Crippen molar-refractivity contribution in [3.63, 3.8) is 0 Å². The molecule has 1 heterocycles. The van der Waals surface area contributed by atoms with E-state index < -0.39 is 11.7 Å². The average molecular weight is 495 g/mol. The van der Waals surface area contributed by atoms with Gasteiger partial charge in [-0.25, -0.2) is 4.68 Å². The van der Waals surface area contributed by atoms with Crippen LogP contribution in [0.3, 0.4) is 0 Å². The molecule has 2 aromatic rings. The first-order valence-corrected chi connectivity index (χ1v) is 8.44. The molecule has 0 spiro atoms. The first kappa shape index (κ1) is 23.3. The Kier molecular flexibility index (Phi) is 8.58. The highest BCUT2D eigenvalue weighted by atomic mass is 127. The summed E-state index contributed by atoms with van der Waals surface area (Å²) in [6.45, 7) is 6.34. The van der Waals surface area contributed by atoms with E-state index in [1.807, 2.05) is 19.9 Å². The van der Waals surface area contributed by atoms with E-state index in [0.29, 0.717) is 18.2 Å². The minimum Gasteiger partial charge on any atom is -0.356 e. The average Bonchev–Trinajstić information content (AvgIpc) is 2.92. The zero-order valence-corrected chi connectivity index (χ0v) is 18.1. The van der Waals surface area contributed by atoms with Crippen molar-refractivity contribution < 1.29 is 13.2 Å². The third kappa shape index (κ3) is 6.12. The van der Waals surface area contributed by atoms with Crippen LogP contribution in [0.4, 0.5) is 13.2 Å². The van der Waals surface area contributed by atoms with E-state index in [0.717, 1.165) is 23.9 Å². The summed E-state index contributed by atoms with van der Waals surface area (Å²) in [4.78, 5) is 4.01. The highest BCUT2D eigenvalue weighted by molar-refractivity contribution is 14.0. The van der Waals surface area contributed by atoms with Crippen molar-refractivity contribution in [2.75, 3.05) is 13.6 Å². The second-order valence-corrected chi connectivity index (χ2v) is 6.03. The molecule has 0 aliphatic carbocycles. The molecular formula is C18H25F3IN5. The van der Waals surface area contributed by atoms with Gasteiger partial charge in [-0.05, 0) is 44.0 Å². The maximum absolute atomic E-state index is 13.6. The number of hydrogen-bond donors (Lipinski definition) is 2. The lowest BCUT2D eigenvalue weighted by atomic mass is 10.1. The van der Waals surface area contributed by atoms with Crippen LogP contribution in [0.15, 0.2) is 29.3 Å². The Morgan fingerprint density at radius 1 is 1.19 bits per heavy atom. The van der Waals surface area contributed by atoms with Crippen molar-refractivity contribution in [2.24, 2.45) is 4.99 Å². The quantitative estimate of drug-likeness (QED) is 0.372. The van der Waals surface area contributed by atoms with Crippen molar-refractivity contribution >= 4 is 29.9 Å². The summed E-state index contributed by atoms with van der Waals surface area (Å²) in [5.74, 6) is 0.475. The number of nitrogens with one attached hydrogen (secondary N) is 2. The standard InChI is InChI=1S/C18H24F3N5.HI/c1-5-8-23-17(22-4)24-11-14-6-7-15(10-16(14)18(19,20)21)26-13(3)9-12(2)25-26;/h6-7,9-10H,5,8,11H2,1-4H3,(H2,22,23,24);1H. The number of halogens is 4. The lowest BCUT2D eigenvalue weighted by Crippen LogP contribution is -2.37. The number of aromatic nitrogens is 2. The normalized spacial score (nSPS) is 11.9. The summed E-state index contributed by atoms with van der Waals surface area (Å²) in [6.07, 6.45) is -3.56. The van der Waals surface area contributed by atoms with Crippen LogP contribution in [0.1, 0.15) is 35.9 Å². The van der Waals surface area contributed by atoms with E-state index in [4.69, 9.17) is 0 Å². The Morgan fingerprint density at radius 3 is 2.41 bits per heavy atom. The summed E-state index contributed by atoms with van der Waals surface area (Å²) < 4.78 is 42.2. The minimum absolute atomic E-state index is 0. The van der Waals surface area contributed by atoms with Crippen molar-refractivity contribution in [2.45, 2.75) is 39.9 Å². The van der Waals surface area contributed by atoms with Gasteiger partial charge in [0.1, 0.15) is 0 Å². The van der Waals surface area contributed by atoms with Gasteiger partial charge >= 0.3 is 6.18 Å². The molecule has 0 bridgehead atoms. The molecule has 0 aliphatic heterocycles. The fourth-order valence-corrected chi connectivity index (χ4v) is 2.65. The molecule has 0 aliphatic rings. The molecule has 1 aromatic carbocycles. The molecule has 150 valence electrons. The van der Waals surface area contributed by atoms with Crippen molar-refractivity contribution in [3.05, 3.63) is 46.8 Å². The number of rotatable bonds is 5. The van der Waals surface area contributed by atoms with Gasteiger partial charge in [0.15, 0.2) is 5.96 Å². The van der Waals surface area contributed by atoms with Crippen LogP contribution >= 0.6 is 24.0 Å². The minimum atomic E-state index is -4.45. The molecule has 0 radical (unpaired) electrons. The lowest BCUT2D eigenvalue weighted by molar-refractivity contribution is -0.138. The van der Waals surface area contributed by atoms with Crippen LogP contribution in [0, 0.1) is 13.8 Å². The van der Waals surface area contributed by atoms with E-state index in [9.17, 15) is 13.2 Å². The van der Waals surface area contributed by atoms with Gasteiger partial charge in [-0.15, -0.1) is 24.0 Å². The Balaban J connectivity index is 0.00000364. The predicted molar refractivity (Wildman–Crippen MR) is 112 cm³/mol. The zero-order valence-electron chi connectivity index (χ0n) is 15.8. The number of benzene rings is 1. The smallest absolute Gasteiger partial charge is 0.356 e. The molecule has 5 nitrogen and oxygen atoms in total. The Labute approximate surface area is 174 Å². The monoisotopic (exact) mass is 495 g/mol. The number of aryl methyl sites for hydroxylation is 2. The Hall–Kier alpha value is -1.78. The van der Waals surface area contributed by atoms with Crippen molar-refractivity contribution in [3.8, 4) is 5.69 Å². The molecule has 0 unspecified atom stereocenters. The second-order valence-electron chi connectivity index (χ2n) is 6.03. The molecule has 0 amide bonds. The fraction of sp³-hybridized carbons (Fsp3) is 0.444. The summed E-state index contributed by atoms with van der Waals surface area (Å²) in [6, 6.07) is 6.09. The Morgan fingerprint density at radius 2 is 1.89 bits per heavy atom. The molecule has 27 heavy (non-hydrogen) atoms. The van der Waals surface area contributed by atoms with Gasteiger partial charge in [-0.1, -0.05) is 13.0 Å². The van der Waals surface area contributed by atoms with Crippen LogP contribution in [0.25, 0.3) is 5.69 Å². The number of aliphatic imine (C=N–C) groups is 1. The van der Waals surface area contributed by atoms with Gasteiger partial charge in [0, 0.05) is 25.8 Å². The van der Waals surface area contributed by atoms with E-state index in [2.05, 4.69) is 20.7 Å². The van der Waals surface area contributed by atoms with Gasteiger partial charge in [0.05, 0.1) is 16.9 Å². The summed E-state index contributed by atoms with van der Waals surface area (Å²) in [7, 11) is 1.58. The van der Waals surface area contributed by atoms with Gasteiger partial charge in [-0.2, -0.15) is 18.3 Å². The van der Waals surface area contributed by atoms with E-state index in [-0.39, 0.29) is 36.1 Å². The summed E-state index contributed by atoms with van der Waals surface area (Å²) in [5, 5.41) is 10.2. The van der Waals surface area contributed by atoms with Gasteiger partial charge in [0.25, 0.3) is 0 Å². The largest absolute Gasteiger partial charge is 0.416 e. The third-order valence-electron chi connectivity index (χ3n) is 3.87. The first-order chi connectivity index (χ1) is 12.3. The van der Waals surface area contributed by atoms with Crippen LogP contribution < -0.4 is 10.6 Å². The van der Waals surface area contributed by atoms with Crippen LogP contribution in [0.5, 0.6) is 0 Å². The zero-order chi connectivity index (χ0) is 19.3. The second kappa shape index (κ2) is 9.95.